The highest BCUT2D eigenvalue weighted by Gasteiger charge is 2.08. The minimum atomic E-state index is -0.210. The lowest BCUT2D eigenvalue weighted by molar-refractivity contribution is 0.0946. The van der Waals surface area contributed by atoms with Gasteiger partial charge in [-0.3, -0.25) is 4.79 Å². The molecule has 0 unspecified atom stereocenters. The summed E-state index contributed by atoms with van der Waals surface area (Å²) in [6, 6.07) is 17.1. The first-order valence-corrected chi connectivity index (χ1v) is 8.88. The second kappa shape index (κ2) is 8.90. The number of methoxy groups -OCH3 is 2. The highest BCUT2D eigenvalue weighted by Crippen LogP contribution is 2.30. The lowest BCUT2D eigenvalue weighted by atomic mass is 10.1. The highest BCUT2D eigenvalue weighted by molar-refractivity contribution is 5.92. The molecular formula is C22H23N3O3. The van der Waals surface area contributed by atoms with Crippen molar-refractivity contribution < 1.29 is 14.3 Å². The molecule has 0 aliphatic carbocycles. The van der Waals surface area contributed by atoms with Gasteiger partial charge in [0, 0.05) is 18.3 Å². The van der Waals surface area contributed by atoms with E-state index in [0.29, 0.717) is 23.7 Å². The number of benzene rings is 2. The van der Waals surface area contributed by atoms with Crippen LogP contribution in [0, 0.1) is 6.92 Å². The smallest absolute Gasteiger partial charge is 0.270 e. The number of anilines is 2. The second-order valence-corrected chi connectivity index (χ2v) is 6.30. The Kier molecular flexibility index (Phi) is 6.11. The van der Waals surface area contributed by atoms with Crippen molar-refractivity contribution >= 4 is 17.3 Å². The molecular weight excluding hydrogens is 354 g/mol. The minimum Gasteiger partial charge on any atom is -0.493 e. The maximum Gasteiger partial charge on any atom is 0.270 e. The number of carbonyl (C=O) groups excluding carboxylic acids is 1. The summed E-state index contributed by atoms with van der Waals surface area (Å²) in [5.41, 5.74) is 4.20. The number of nitrogens with zero attached hydrogens (tertiary/aromatic N) is 1. The summed E-state index contributed by atoms with van der Waals surface area (Å²) in [6.07, 6.45) is 1.62. The van der Waals surface area contributed by atoms with E-state index in [1.807, 2.05) is 55.5 Å². The van der Waals surface area contributed by atoms with Gasteiger partial charge in [-0.2, -0.15) is 0 Å². The number of amides is 1. The highest BCUT2D eigenvalue weighted by atomic mass is 16.5. The number of hydrogen-bond donors (Lipinski definition) is 2. The van der Waals surface area contributed by atoms with Gasteiger partial charge in [0.1, 0.15) is 5.69 Å². The van der Waals surface area contributed by atoms with Crippen molar-refractivity contribution in [2.75, 3.05) is 19.5 Å². The zero-order valence-electron chi connectivity index (χ0n) is 16.2. The molecule has 0 saturated carbocycles. The van der Waals surface area contributed by atoms with Crippen LogP contribution in [0.5, 0.6) is 11.5 Å². The van der Waals surface area contributed by atoms with Crippen LogP contribution in [-0.2, 0) is 6.54 Å². The van der Waals surface area contributed by atoms with Gasteiger partial charge in [0.05, 0.1) is 26.1 Å². The summed E-state index contributed by atoms with van der Waals surface area (Å²) in [6.45, 7) is 2.50. The number of pyridine rings is 1. The number of nitrogens with one attached hydrogen (secondary N) is 2. The first kappa shape index (κ1) is 19.2. The molecule has 0 aliphatic heterocycles. The Labute approximate surface area is 164 Å². The topological polar surface area (TPSA) is 72.5 Å². The van der Waals surface area contributed by atoms with Gasteiger partial charge in [0.25, 0.3) is 5.91 Å². The molecule has 28 heavy (non-hydrogen) atoms. The predicted octanol–water partition coefficient (Wildman–Crippen LogP) is 4.08. The Morgan fingerprint density at radius 1 is 0.929 bits per heavy atom. The molecule has 0 atom stereocenters. The first-order chi connectivity index (χ1) is 13.6. The van der Waals surface area contributed by atoms with Crippen LogP contribution in [0.25, 0.3) is 0 Å². The van der Waals surface area contributed by atoms with Crippen molar-refractivity contribution in [1.29, 1.82) is 0 Å². The number of aromatic nitrogens is 1. The van der Waals surface area contributed by atoms with Gasteiger partial charge in [-0.25, -0.2) is 4.98 Å². The summed E-state index contributed by atoms with van der Waals surface area (Å²) in [7, 11) is 3.19. The van der Waals surface area contributed by atoms with Crippen molar-refractivity contribution in [3.05, 3.63) is 77.6 Å². The molecule has 0 spiro atoms. The predicted molar refractivity (Wildman–Crippen MR) is 109 cm³/mol. The van der Waals surface area contributed by atoms with E-state index in [4.69, 9.17) is 9.47 Å². The molecule has 3 rings (SSSR count). The summed E-state index contributed by atoms with van der Waals surface area (Å²) in [4.78, 5) is 16.5. The molecule has 0 bridgehead atoms. The third-order valence-electron chi connectivity index (χ3n) is 4.24. The van der Waals surface area contributed by atoms with E-state index in [2.05, 4.69) is 15.6 Å². The van der Waals surface area contributed by atoms with Gasteiger partial charge in [-0.15, -0.1) is 0 Å². The van der Waals surface area contributed by atoms with Gasteiger partial charge in [0.15, 0.2) is 11.5 Å². The zero-order chi connectivity index (χ0) is 19.9. The average Bonchev–Trinajstić information content (AvgIpc) is 2.73. The average molecular weight is 377 g/mol. The van der Waals surface area contributed by atoms with E-state index >= 15 is 0 Å². The van der Waals surface area contributed by atoms with Crippen LogP contribution in [-0.4, -0.2) is 25.1 Å². The van der Waals surface area contributed by atoms with E-state index < -0.39 is 0 Å². The number of carbonyl (C=O) groups is 1. The SMILES string of the molecule is COc1ccc(Nc2ccc(C(=O)NCc3ccc(C)cc3)nc2)cc1OC. The van der Waals surface area contributed by atoms with Gasteiger partial charge in [-0.05, 0) is 36.8 Å². The molecule has 0 fully saturated rings. The van der Waals surface area contributed by atoms with Crippen LogP contribution in [0.3, 0.4) is 0 Å². The summed E-state index contributed by atoms with van der Waals surface area (Å²) in [5.74, 6) is 1.08. The normalized spacial score (nSPS) is 10.2. The van der Waals surface area contributed by atoms with Gasteiger partial charge < -0.3 is 20.1 Å². The van der Waals surface area contributed by atoms with E-state index in [-0.39, 0.29) is 5.91 Å². The van der Waals surface area contributed by atoms with Crippen LogP contribution in [0.1, 0.15) is 21.6 Å². The van der Waals surface area contributed by atoms with E-state index in [9.17, 15) is 4.79 Å². The largest absolute Gasteiger partial charge is 0.493 e. The Morgan fingerprint density at radius 3 is 2.29 bits per heavy atom. The Bertz CT molecular complexity index is 938. The van der Waals surface area contributed by atoms with Crippen LogP contribution in [0.4, 0.5) is 11.4 Å². The second-order valence-electron chi connectivity index (χ2n) is 6.30. The standard InChI is InChI=1S/C22H23N3O3/c1-15-4-6-16(7-5-15)13-24-22(26)19-10-8-18(14-23-19)25-17-9-11-20(27-2)21(12-17)28-3/h4-12,14,25H,13H2,1-3H3,(H,24,26). The quantitative estimate of drug-likeness (QED) is 0.649. The summed E-state index contributed by atoms with van der Waals surface area (Å²) in [5, 5.41) is 6.11. The van der Waals surface area contributed by atoms with Gasteiger partial charge in [-0.1, -0.05) is 29.8 Å². The van der Waals surface area contributed by atoms with Gasteiger partial charge in [0.2, 0.25) is 0 Å². The first-order valence-electron chi connectivity index (χ1n) is 8.88. The van der Waals surface area contributed by atoms with Crippen molar-refractivity contribution in [2.24, 2.45) is 0 Å². The maximum atomic E-state index is 12.3. The van der Waals surface area contributed by atoms with Crippen molar-refractivity contribution in [3.63, 3.8) is 0 Å². The van der Waals surface area contributed by atoms with E-state index in [1.165, 1.54) is 5.56 Å². The van der Waals surface area contributed by atoms with E-state index in [1.54, 1.807) is 26.5 Å². The molecule has 1 amide bonds. The zero-order valence-corrected chi connectivity index (χ0v) is 16.2. The lowest BCUT2D eigenvalue weighted by Crippen LogP contribution is -2.23. The summed E-state index contributed by atoms with van der Waals surface area (Å²) < 4.78 is 10.5. The van der Waals surface area contributed by atoms with E-state index in [0.717, 1.165) is 16.9 Å². The molecule has 6 heteroatoms. The number of ether oxygens (including phenoxy) is 2. The molecule has 6 nitrogen and oxygen atoms in total. The van der Waals surface area contributed by atoms with Crippen molar-refractivity contribution in [3.8, 4) is 11.5 Å². The Hall–Kier alpha value is -3.54. The molecule has 0 radical (unpaired) electrons. The van der Waals surface area contributed by atoms with Gasteiger partial charge >= 0.3 is 0 Å². The number of hydrogen-bond acceptors (Lipinski definition) is 5. The fourth-order valence-electron chi connectivity index (χ4n) is 2.66. The fraction of sp³-hybridized carbons (Fsp3) is 0.182. The monoisotopic (exact) mass is 377 g/mol. The summed E-state index contributed by atoms with van der Waals surface area (Å²) >= 11 is 0. The van der Waals surface area contributed by atoms with Crippen LogP contribution >= 0.6 is 0 Å². The molecule has 2 aromatic carbocycles. The molecule has 1 aromatic heterocycles. The molecule has 2 N–H and O–H groups in total. The number of aryl methyl sites for hydroxylation is 1. The molecule has 3 aromatic rings. The Morgan fingerprint density at radius 2 is 1.64 bits per heavy atom. The molecule has 1 heterocycles. The Balaban J connectivity index is 1.61. The van der Waals surface area contributed by atoms with Crippen LogP contribution in [0.15, 0.2) is 60.8 Å². The molecule has 0 saturated heterocycles. The van der Waals surface area contributed by atoms with Crippen molar-refractivity contribution in [1.82, 2.24) is 10.3 Å². The third-order valence-corrected chi connectivity index (χ3v) is 4.24. The fourth-order valence-corrected chi connectivity index (χ4v) is 2.66. The lowest BCUT2D eigenvalue weighted by Gasteiger charge is -2.11. The van der Waals surface area contributed by atoms with Crippen LogP contribution in [0.2, 0.25) is 0 Å². The van der Waals surface area contributed by atoms with Crippen LogP contribution < -0.4 is 20.1 Å². The maximum absolute atomic E-state index is 12.3. The minimum absolute atomic E-state index is 0.210. The molecule has 144 valence electrons. The third kappa shape index (κ3) is 4.79. The molecule has 0 aliphatic rings. The number of rotatable bonds is 7. The van der Waals surface area contributed by atoms with Crippen molar-refractivity contribution in [2.45, 2.75) is 13.5 Å².